The Morgan fingerprint density at radius 1 is 1.27 bits per heavy atom. The molecule has 1 aromatic carbocycles. The summed E-state index contributed by atoms with van der Waals surface area (Å²) in [5.74, 6) is 0.510. The van der Waals surface area contributed by atoms with Gasteiger partial charge in [-0.1, -0.05) is 32.0 Å². The van der Waals surface area contributed by atoms with Gasteiger partial charge in [0.2, 0.25) is 11.8 Å². The van der Waals surface area contributed by atoms with Crippen LogP contribution in [0.1, 0.15) is 52.0 Å². The topological polar surface area (TPSA) is 67.4 Å². The van der Waals surface area contributed by atoms with E-state index in [4.69, 9.17) is 4.74 Å². The van der Waals surface area contributed by atoms with Crippen molar-refractivity contribution in [2.24, 2.45) is 22.7 Å². The predicted molar refractivity (Wildman–Crippen MR) is 112 cm³/mol. The third-order valence-corrected chi connectivity index (χ3v) is 8.03. The average Bonchev–Trinajstić information content (AvgIpc) is 3.17. The first-order valence-corrected chi connectivity index (χ1v) is 11.1. The predicted octanol–water partition coefficient (Wildman–Crippen LogP) is 3.22. The van der Waals surface area contributed by atoms with E-state index >= 15 is 0 Å². The molecule has 2 amide bonds. The lowest BCUT2D eigenvalue weighted by molar-refractivity contribution is -0.136. The van der Waals surface area contributed by atoms with Gasteiger partial charge in [-0.2, -0.15) is 0 Å². The van der Waals surface area contributed by atoms with Gasteiger partial charge in [0.1, 0.15) is 5.82 Å². The summed E-state index contributed by atoms with van der Waals surface area (Å²) in [6, 6.07) is 6.55. The number of hydrogen-bond acceptors (Lipinski definition) is 3. The molecule has 2 saturated carbocycles. The number of rotatable bonds is 6. The number of carbonyl (C=O) groups is 2. The van der Waals surface area contributed by atoms with E-state index in [9.17, 15) is 14.0 Å². The standard InChI is InChI=1S/C24H33FN2O3/c1-15(28)27-22-23(2,3)17-13-18-20(30-11-9-24(18,22)14-17)8-10-26-21(29)12-16-6-4-5-7-19(16)25/h4-7,17-18,20,22H,8-14H2,1-3H3,(H,26,29)(H,27,28)/t17-,18-,20-,22+,24-/m1/s1. The molecule has 1 saturated heterocycles. The summed E-state index contributed by atoms with van der Waals surface area (Å²) >= 11 is 0. The number of nitrogens with one attached hydrogen (secondary N) is 2. The smallest absolute Gasteiger partial charge is 0.224 e. The fraction of sp³-hybridized carbons (Fsp3) is 0.667. The molecule has 2 bridgehead atoms. The van der Waals surface area contributed by atoms with Crippen molar-refractivity contribution >= 4 is 11.8 Å². The first-order valence-electron chi connectivity index (χ1n) is 11.1. The third kappa shape index (κ3) is 3.64. The zero-order valence-electron chi connectivity index (χ0n) is 18.2. The molecule has 5 atom stereocenters. The van der Waals surface area contributed by atoms with Crippen molar-refractivity contribution in [3.8, 4) is 0 Å². The summed E-state index contributed by atoms with van der Waals surface area (Å²) in [4.78, 5) is 24.2. The van der Waals surface area contributed by atoms with Gasteiger partial charge in [0.25, 0.3) is 0 Å². The summed E-state index contributed by atoms with van der Waals surface area (Å²) < 4.78 is 19.9. The number of hydrogen-bond donors (Lipinski definition) is 2. The molecule has 0 radical (unpaired) electrons. The molecule has 0 unspecified atom stereocenters. The SMILES string of the molecule is CC(=O)N[C@H]1C(C)(C)[C@@H]2C[C@@H]3[C@@H](CCNC(=O)Cc4ccccc4F)OCC[C@@]31C2. The van der Waals surface area contributed by atoms with Crippen LogP contribution in [-0.4, -0.2) is 37.1 Å². The van der Waals surface area contributed by atoms with Gasteiger partial charge in [-0.3, -0.25) is 9.59 Å². The van der Waals surface area contributed by atoms with Gasteiger partial charge in [-0.05, 0) is 60.0 Å². The molecule has 1 heterocycles. The highest BCUT2D eigenvalue weighted by Crippen LogP contribution is 2.68. The molecule has 6 heteroatoms. The fourth-order valence-electron chi connectivity index (χ4n) is 6.63. The third-order valence-electron chi connectivity index (χ3n) is 8.03. The minimum Gasteiger partial charge on any atom is -0.378 e. The van der Waals surface area contributed by atoms with E-state index in [0.717, 1.165) is 25.7 Å². The summed E-state index contributed by atoms with van der Waals surface area (Å²) in [6.45, 7) is 7.40. The quantitative estimate of drug-likeness (QED) is 0.748. The highest BCUT2D eigenvalue weighted by Gasteiger charge is 2.68. The van der Waals surface area contributed by atoms with Crippen LogP contribution in [0.5, 0.6) is 0 Å². The molecule has 1 aliphatic heterocycles. The van der Waals surface area contributed by atoms with Crippen molar-refractivity contribution in [2.75, 3.05) is 13.2 Å². The van der Waals surface area contributed by atoms with Gasteiger partial charge in [-0.15, -0.1) is 0 Å². The van der Waals surface area contributed by atoms with Crippen LogP contribution >= 0.6 is 0 Å². The minimum atomic E-state index is -0.348. The summed E-state index contributed by atoms with van der Waals surface area (Å²) in [5, 5.41) is 6.21. The maximum Gasteiger partial charge on any atom is 0.224 e. The van der Waals surface area contributed by atoms with Gasteiger partial charge in [0.15, 0.2) is 0 Å². The monoisotopic (exact) mass is 416 g/mol. The van der Waals surface area contributed by atoms with Gasteiger partial charge in [-0.25, -0.2) is 4.39 Å². The number of carbonyl (C=O) groups excluding carboxylic acids is 2. The highest BCUT2D eigenvalue weighted by molar-refractivity contribution is 5.78. The molecule has 3 fully saturated rings. The number of fused-ring (bicyclic) bond motifs is 1. The van der Waals surface area contributed by atoms with Crippen molar-refractivity contribution in [1.82, 2.24) is 10.6 Å². The molecule has 2 N–H and O–H groups in total. The van der Waals surface area contributed by atoms with Gasteiger partial charge in [0, 0.05) is 26.1 Å². The van der Waals surface area contributed by atoms with Crippen molar-refractivity contribution in [1.29, 1.82) is 0 Å². The minimum absolute atomic E-state index is 0.0391. The molecule has 164 valence electrons. The first kappa shape index (κ1) is 21.3. The van der Waals surface area contributed by atoms with E-state index in [0.29, 0.717) is 30.6 Å². The largest absolute Gasteiger partial charge is 0.378 e. The van der Waals surface area contributed by atoms with Crippen LogP contribution in [0.2, 0.25) is 0 Å². The maximum atomic E-state index is 13.8. The molecule has 30 heavy (non-hydrogen) atoms. The zero-order chi connectivity index (χ0) is 21.5. The Morgan fingerprint density at radius 2 is 2.03 bits per heavy atom. The highest BCUT2D eigenvalue weighted by atomic mass is 19.1. The number of amides is 2. The Kier molecular flexibility index (Phi) is 5.64. The van der Waals surface area contributed by atoms with Crippen LogP contribution in [0.25, 0.3) is 0 Å². The number of benzene rings is 1. The van der Waals surface area contributed by atoms with Crippen molar-refractivity contribution in [3.63, 3.8) is 0 Å². The van der Waals surface area contributed by atoms with E-state index < -0.39 is 0 Å². The molecule has 3 aliphatic rings. The van der Waals surface area contributed by atoms with Crippen molar-refractivity contribution in [2.45, 2.75) is 65.0 Å². The van der Waals surface area contributed by atoms with Crippen molar-refractivity contribution < 1.29 is 18.7 Å². The molecular formula is C24H33FN2O3. The van der Waals surface area contributed by atoms with E-state index in [2.05, 4.69) is 24.5 Å². The summed E-state index contributed by atoms with van der Waals surface area (Å²) in [6.07, 6.45) is 4.14. The first-order chi connectivity index (χ1) is 14.2. The second kappa shape index (κ2) is 7.95. The Bertz CT molecular complexity index is 826. The summed E-state index contributed by atoms with van der Waals surface area (Å²) in [7, 11) is 0. The van der Waals surface area contributed by atoms with E-state index in [1.54, 1.807) is 25.1 Å². The average molecular weight is 417 g/mol. The van der Waals surface area contributed by atoms with E-state index in [1.807, 2.05) is 0 Å². The van der Waals surface area contributed by atoms with Gasteiger partial charge >= 0.3 is 0 Å². The Hall–Kier alpha value is -1.95. The normalized spacial score (nSPS) is 33.7. The van der Waals surface area contributed by atoms with Crippen LogP contribution in [0.15, 0.2) is 24.3 Å². The fourth-order valence-corrected chi connectivity index (χ4v) is 6.63. The summed E-state index contributed by atoms with van der Waals surface area (Å²) in [5.41, 5.74) is 0.606. The molecule has 2 aliphatic carbocycles. The molecule has 0 aromatic heterocycles. The van der Waals surface area contributed by atoms with Crippen molar-refractivity contribution in [3.05, 3.63) is 35.6 Å². The van der Waals surface area contributed by atoms with Crippen LogP contribution in [0, 0.1) is 28.5 Å². The molecule has 4 rings (SSSR count). The van der Waals surface area contributed by atoms with Crippen LogP contribution in [0.4, 0.5) is 4.39 Å². The van der Waals surface area contributed by atoms with Crippen LogP contribution < -0.4 is 10.6 Å². The van der Waals surface area contributed by atoms with Gasteiger partial charge < -0.3 is 15.4 Å². The Morgan fingerprint density at radius 3 is 2.77 bits per heavy atom. The van der Waals surface area contributed by atoms with E-state index in [1.165, 1.54) is 6.07 Å². The maximum absolute atomic E-state index is 13.8. The van der Waals surface area contributed by atoms with Crippen LogP contribution in [-0.2, 0) is 20.7 Å². The molecule has 5 nitrogen and oxygen atoms in total. The second-order valence-corrected chi connectivity index (χ2v) is 10.00. The lowest BCUT2D eigenvalue weighted by Gasteiger charge is -2.53. The Labute approximate surface area is 178 Å². The lowest BCUT2D eigenvalue weighted by Crippen LogP contribution is -2.60. The number of ether oxygens (including phenoxy) is 1. The second-order valence-electron chi connectivity index (χ2n) is 10.00. The van der Waals surface area contributed by atoms with Gasteiger partial charge in [0.05, 0.1) is 12.5 Å². The van der Waals surface area contributed by atoms with Crippen LogP contribution in [0.3, 0.4) is 0 Å². The number of halogens is 1. The molecule has 1 spiro atoms. The van der Waals surface area contributed by atoms with E-state index in [-0.39, 0.29) is 47.0 Å². The lowest BCUT2D eigenvalue weighted by atomic mass is 9.59. The molecule has 1 aromatic rings. The Balaban J connectivity index is 1.37. The molecular weight excluding hydrogens is 383 g/mol. The zero-order valence-corrected chi connectivity index (χ0v) is 18.2.